The summed E-state index contributed by atoms with van der Waals surface area (Å²) in [5.41, 5.74) is 1.57. The van der Waals surface area contributed by atoms with Crippen molar-refractivity contribution in [2.75, 3.05) is 42.7 Å². The summed E-state index contributed by atoms with van der Waals surface area (Å²) >= 11 is 0. The molecule has 2 rings (SSSR count). The number of nitrogens with one attached hydrogen (secondary N) is 2. The molecule has 0 aliphatic carbocycles. The average molecular weight is 434 g/mol. The van der Waals surface area contributed by atoms with E-state index in [1.54, 1.807) is 62.6 Å². The molecule has 0 aliphatic rings. The van der Waals surface area contributed by atoms with E-state index in [0.717, 1.165) is 6.26 Å². The molecular formula is C21H27N3O5S. The normalized spacial score (nSPS) is 11.0. The summed E-state index contributed by atoms with van der Waals surface area (Å²) in [6.07, 6.45) is 1.82. The highest BCUT2D eigenvalue weighted by Gasteiger charge is 2.17. The Morgan fingerprint density at radius 3 is 2.30 bits per heavy atom. The second kappa shape index (κ2) is 10.7. The maximum atomic E-state index is 12.6. The zero-order valence-electron chi connectivity index (χ0n) is 17.3. The van der Waals surface area contributed by atoms with E-state index in [9.17, 15) is 18.0 Å². The first-order valence-corrected chi connectivity index (χ1v) is 11.4. The van der Waals surface area contributed by atoms with Crippen molar-refractivity contribution in [3.63, 3.8) is 0 Å². The van der Waals surface area contributed by atoms with E-state index in [2.05, 4.69) is 10.6 Å². The van der Waals surface area contributed by atoms with E-state index < -0.39 is 15.9 Å². The largest absolute Gasteiger partial charge is 0.385 e. The summed E-state index contributed by atoms with van der Waals surface area (Å²) in [4.78, 5) is 25.1. The molecule has 2 aromatic carbocycles. The summed E-state index contributed by atoms with van der Waals surface area (Å²) in [7, 11) is -1.80. The predicted molar refractivity (Wildman–Crippen MR) is 118 cm³/mol. The minimum Gasteiger partial charge on any atom is -0.385 e. The van der Waals surface area contributed by atoms with Crippen LogP contribution in [0.15, 0.2) is 48.5 Å². The number of hydrogen-bond acceptors (Lipinski definition) is 5. The lowest BCUT2D eigenvalue weighted by atomic mass is 10.1. The van der Waals surface area contributed by atoms with Gasteiger partial charge in [0.25, 0.3) is 11.8 Å². The lowest BCUT2D eigenvalue weighted by Crippen LogP contribution is -2.29. The Morgan fingerprint density at radius 2 is 1.70 bits per heavy atom. The van der Waals surface area contributed by atoms with Crippen LogP contribution in [0.2, 0.25) is 0 Å². The Hall–Kier alpha value is -2.91. The number of rotatable bonds is 10. The molecule has 0 spiro atoms. The molecule has 0 heterocycles. The van der Waals surface area contributed by atoms with Gasteiger partial charge in [0.2, 0.25) is 10.0 Å². The van der Waals surface area contributed by atoms with Gasteiger partial charge in [0, 0.05) is 32.4 Å². The van der Waals surface area contributed by atoms with Gasteiger partial charge in [-0.15, -0.1) is 0 Å². The zero-order chi connectivity index (χ0) is 22.1. The SMILES string of the molecule is CCN(c1ccc(C(=O)Nc2ccccc2C(=O)NCCCOC)cc1)S(C)(=O)=O. The molecule has 0 aliphatic heterocycles. The average Bonchev–Trinajstić information content (AvgIpc) is 2.71. The number of sulfonamides is 1. The molecule has 2 aromatic rings. The zero-order valence-corrected chi connectivity index (χ0v) is 18.2. The van der Waals surface area contributed by atoms with Gasteiger partial charge in [0.1, 0.15) is 0 Å². The van der Waals surface area contributed by atoms with Crippen LogP contribution in [0.1, 0.15) is 34.1 Å². The molecule has 0 saturated heterocycles. The van der Waals surface area contributed by atoms with Crippen LogP contribution >= 0.6 is 0 Å². The van der Waals surface area contributed by atoms with E-state index in [-0.39, 0.29) is 12.5 Å². The van der Waals surface area contributed by atoms with Crippen molar-refractivity contribution in [3.8, 4) is 0 Å². The van der Waals surface area contributed by atoms with E-state index in [0.29, 0.717) is 42.1 Å². The number of amides is 2. The Morgan fingerprint density at radius 1 is 1.03 bits per heavy atom. The molecule has 0 radical (unpaired) electrons. The summed E-state index contributed by atoms with van der Waals surface area (Å²) in [5, 5.41) is 5.54. The molecule has 2 N–H and O–H groups in total. The molecule has 0 bridgehead atoms. The molecule has 0 unspecified atom stereocenters. The first-order valence-electron chi connectivity index (χ1n) is 9.53. The lowest BCUT2D eigenvalue weighted by molar-refractivity contribution is 0.0949. The third-order valence-corrected chi connectivity index (χ3v) is 5.61. The standard InChI is InChI=1S/C21H27N3O5S/c1-4-24(30(3,27)28)17-12-10-16(11-13-17)20(25)23-19-9-6-5-8-18(19)21(26)22-14-7-15-29-2/h5-6,8-13H,4,7,14-15H2,1-3H3,(H,22,26)(H,23,25). The first kappa shape index (κ1) is 23.4. The Bertz CT molecular complexity index is 974. The molecule has 0 saturated carbocycles. The number of anilines is 2. The minimum absolute atomic E-state index is 0.288. The third-order valence-electron chi connectivity index (χ3n) is 4.34. The van der Waals surface area contributed by atoms with Crippen molar-refractivity contribution < 1.29 is 22.7 Å². The van der Waals surface area contributed by atoms with Crippen molar-refractivity contribution in [2.24, 2.45) is 0 Å². The molecule has 8 nitrogen and oxygen atoms in total. The molecular weight excluding hydrogens is 406 g/mol. The van der Waals surface area contributed by atoms with Crippen molar-refractivity contribution in [3.05, 3.63) is 59.7 Å². The molecule has 162 valence electrons. The number of carbonyl (C=O) groups is 2. The number of carbonyl (C=O) groups excluding carboxylic acids is 2. The molecule has 30 heavy (non-hydrogen) atoms. The van der Waals surface area contributed by atoms with Crippen LogP contribution in [-0.2, 0) is 14.8 Å². The van der Waals surface area contributed by atoms with Gasteiger partial charge < -0.3 is 15.4 Å². The van der Waals surface area contributed by atoms with Crippen LogP contribution in [0.3, 0.4) is 0 Å². The third kappa shape index (κ3) is 6.30. The molecule has 0 fully saturated rings. The van der Waals surface area contributed by atoms with Crippen molar-refractivity contribution >= 4 is 33.2 Å². The molecule has 9 heteroatoms. The Kier molecular flexibility index (Phi) is 8.37. The number of ether oxygens (including phenoxy) is 1. The highest BCUT2D eigenvalue weighted by molar-refractivity contribution is 7.92. The van der Waals surface area contributed by atoms with Crippen molar-refractivity contribution in [2.45, 2.75) is 13.3 Å². The number of para-hydroxylation sites is 1. The minimum atomic E-state index is -3.40. The molecule has 2 amide bonds. The molecule has 0 atom stereocenters. The smallest absolute Gasteiger partial charge is 0.255 e. The maximum Gasteiger partial charge on any atom is 0.255 e. The van der Waals surface area contributed by atoms with E-state index in [1.807, 2.05) is 0 Å². The Labute approximate surface area is 177 Å². The van der Waals surface area contributed by atoms with Crippen LogP contribution in [-0.4, -0.2) is 53.3 Å². The van der Waals surface area contributed by atoms with Gasteiger partial charge in [-0.2, -0.15) is 0 Å². The van der Waals surface area contributed by atoms with Crippen LogP contribution in [0.25, 0.3) is 0 Å². The summed E-state index contributed by atoms with van der Waals surface area (Å²) in [5.74, 6) is -0.687. The highest BCUT2D eigenvalue weighted by Crippen LogP contribution is 2.20. The van der Waals surface area contributed by atoms with Gasteiger partial charge in [-0.3, -0.25) is 13.9 Å². The first-order chi connectivity index (χ1) is 14.3. The highest BCUT2D eigenvalue weighted by atomic mass is 32.2. The van der Waals surface area contributed by atoms with Gasteiger partial charge in [0.05, 0.1) is 23.2 Å². The number of hydrogen-bond donors (Lipinski definition) is 2. The monoisotopic (exact) mass is 433 g/mol. The topological polar surface area (TPSA) is 105 Å². The maximum absolute atomic E-state index is 12.6. The van der Waals surface area contributed by atoms with Crippen LogP contribution < -0.4 is 14.9 Å². The predicted octanol–water partition coefficient (Wildman–Crippen LogP) is 2.49. The summed E-state index contributed by atoms with van der Waals surface area (Å²) in [6.45, 7) is 3.03. The second-order valence-corrected chi connectivity index (χ2v) is 8.48. The number of methoxy groups -OCH3 is 1. The van der Waals surface area contributed by atoms with E-state index >= 15 is 0 Å². The van der Waals surface area contributed by atoms with Gasteiger partial charge in [-0.25, -0.2) is 8.42 Å². The fourth-order valence-electron chi connectivity index (χ4n) is 2.89. The van der Waals surface area contributed by atoms with E-state index in [4.69, 9.17) is 4.74 Å². The van der Waals surface area contributed by atoms with Gasteiger partial charge in [-0.05, 0) is 49.7 Å². The van der Waals surface area contributed by atoms with Gasteiger partial charge >= 0.3 is 0 Å². The second-order valence-electron chi connectivity index (χ2n) is 6.58. The number of benzene rings is 2. The van der Waals surface area contributed by atoms with Crippen LogP contribution in [0.4, 0.5) is 11.4 Å². The van der Waals surface area contributed by atoms with Gasteiger partial charge in [-0.1, -0.05) is 12.1 Å². The summed E-state index contributed by atoms with van der Waals surface area (Å²) in [6, 6.07) is 13.0. The Balaban J connectivity index is 2.12. The fraction of sp³-hybridized carbons (Fsp3) is 0.333. The van der Waals surface area contributed by atoms with Crippen molar-refractivity contribution in [1.82, 2.24) is 5.32 Å². The number of nitrogens with zero attached hydrogens (tertiary/aromatic N) is 1. The quantitative estimate of drug-likeness (QED) is 0.560. The van der Waals surface area contributed by atoms with Gasteiger partial charge in [0.15, 0.2) is 0 Å². The lowest BCUT2D eigenvalue weighted by Gasteiger charge is -2.20. The fourth-order valence-corrected chi connectivity index (χ4v) is 3.86. The summed E-state index contributed by atoms with van der Waals surface area (Å²) < 4.78 is 29.9. The van der Waals surface area contributed by atoms with Crippen molar-refractivity contribution in [1.29, 1.82) is 0 Å². The van der Waals surface area contributed by atoms with Crippen LogP contribution in [0, 0.1) is 0 Å². The van der Waals surface area contributed by atoms with E-state index in [1.165, 1.54) is 4.31 Å². The molecule has 0 aromatic heterocycles. The van der Waals surface area contributed by atoms with Crippen LogP contribution in [0.5, 0.6) is 0 Å².